The van der Waals surface area contributed by atoms with Crippen molar-refractivity contribution < 1.29 is 9.53 Å². The third-order valence-electron chi connectivity index (χ3n) is 5.91. The molecule has 0 unspecified atom stereocenters. The van der Waals surface area contributed by atoms with Crippen molar-refractivity contribution in [2.75, 3.05) is 43.9 Å². The normalized spacial score (nSPS) is 14.0. The number of aromatic nitrogens is 2. The predicted molar refractivity (Wildman–Crippen MR) is 140 cm³/mol. The second-order valence-electron chi connectivity index (χ2n) is 8.32. The highest BCUT2D eigenvalue weighted by Crippen LogP contribution is 2.27. The number of anilines is 1. The van der Waals surface area contributed by atoms with Crippen molar-refractivity contribution in [3.63, 3.8) is 0 Å². The molecule has 0 aliphatic carbocycles. The Balaban J connectivity index is 1.33. The Morgan fingerprint density at radius 3 is 2.71 bits per heavy atom. The van der Waals surface area contributed by atoms with Crippen LogP contribution >= 0.6 is 23.4 Å². The number of carbonyl (C=O) groups is 1. The van der Waals surface area contributed by atoms with E-state index in [9.17, 15) is 10.1 Å². The fraction of sp³-hybridized carbons (Fsp3) is 0.346. The molecule has 1 saturated heterocycles. The monoisotopic (exact) mass is 509 g/mol. The second-order valence-corrected chi connectivity index (χ2v) is 9.89. The van der Waals surface area contributed by atoms with Crippen LogP contribution < -0.4 is 5.32 Å². The lowest BCUT2D eigenvalue weighted by molar-refractivity contribution is 0.0374. The molecule has 2 aromatic carbocycles. The van der Waals surface area contributed by atoms with Gasteiger partial charge in [-0.15, -0.1) is 11.8 Å². The van der Waals surface area contributed by atoms with Crippen molar-refractivity contribution >= 4 is 35.0 Å². The largest absolute Gasteiger partial charge is 0.379 e. The number of thioether (sulfide) groups is 1. The van der Waals surface area contributed by atoms with Crippen molar-refractivity contribution in [3.8, 4) is 11.8 Å². The summed E-state index contributed by atoms with van der Waals surface area (Å²) in [5, 5.41) is 17.5. The van der Waals surface area contributed by atoms with Gasteiger partial charge in [-0.3, -0.25) is 9.69 Å². The number of ether oxygens (including phenoxy) is 1. The molecule has 0 saturated carbocycles. The highest BCUT2D eigenvalue weighted by Gasteiger charge is 2.16. The zero-order chi connectivity index (χ0) is 24.6. The summed E-state index contributed by atoms with van der Waals surface area (Å²) in [5.41, 5.74) is 3.16. The lowest BCUT2D eigenvalue weighted by Gasteiger charge is -2.26. The van der Waals surface area contributed by atoms with E-state index in [0.717, 1.165) is 67.7 Å². The average molecular weight is 510 g/mol. The highest BCUT2D eigenvalue weighted by atomic mass is 35.5. The minimum absolute atomic E-state index is 0.268. The molecule has 1 aliphatic rings. The molecule has 2 heterocycles. The number of hydrogen-bond acceptors (Lipinski definition) is 6. The molecule has 1 aromatic heterocycles. The summed E-state index contributed by atoms with van der Waals surface area (Å²) in [6.07, 6.45) is 3.76. The van der Waals surface area contributed by atoms with Crippen molar-refractivity contribution in [1.29, 1.82) is 5.26 Å². The van der Waals surface area contributed by atoms with E-state index in [1.807, 2.05) is 31.2 Å². The molecule has 35 heavy (non-hydrogen) atoms. The van der Waals surface area contributed by atoms with E-state index in [1.165, 1.54) is 0 Å². The summed E-state index contributed by atoms with van der Waals surface area (Å²) < 4.78 is 7.09. The first-order valence-electron chi connectivity index (χ1n) is 11.6. The fourth-order valence-electron chi connectivity index (χ4n) is 3.94. The SMILES string of the molecule is Cc1c(C(=O)Nc2ccc(SCCCCN3CCOCC3)c(C#N)c2)cnn1-c1ccc(Cl)cc1. The first-order valence-corrected chi connectivity index (χ1v) is 13.0. The van der Waals surface area contributed by atoms with Gasteiger partial charge in [-0.25, -0.2) is 4.68 Å². The minimum atomic E-state index is -0.268. The molecule has 0 radical (unpaired) electrons. The molecule has 4 rings (SSSR count). The van der Waals surface area contributed by atoms with E-state index in [1.54, 1.807) is 40.8 Å². The predicted octanol–water partition coefficient (Wildman–Crippen LogP) is 5.16. The van der Waals surface area contributed by atoms with Crippen molar-refractivity contribution in [2.45, 2.75) is 24.7 Å². The van der Waals surface area contributed by atoms with E-state index in [4.69, 9.17) is 16.3 Å². The molecule has 3 aromatic rings. The Morgan fingerprint density at radius 1 is 1.20 bits per heavy atom. The van der Waals surface area contributed by atoms with E-state index in [2.05, 4.69) is 21.4 Å². The van der Waals surface area contributed by atoms with Crippen LogP contribution in [0, 0.1) is 18.3 Å². The molecule has 182 valence electrons. The molecule has 1 aliphatic heterocycles. The van der Waals surface area contributed by atoms with E-state index >= 15 is 0 Å². The van der Waals surface area contributed by atoms with Crippen LogP contribution in [0.1, 0.15) is 34.5 Å². The second kappa shape index (κ2) is 12.2. The van der Waals surface area contributed by atoms with Gasteiger partial charge in [0.1, 0.15) is 6.07 Å². The van der Waals surface area contributed by atoms with Crippen LogP contribution in [-0.4, -0.2) is 59.2 Å². The number of nitriles is 1. The number of amides is 1. The van der Waals surface area contributed by atoms with Crippen molar-refractivity contribution in [1.82, 2.24) is 14.7 Å². The quantitative estimate of drug-likeness (QED) is 0.317. The van der Waals surface area contributed by atoms with Gasteiger partial charge >= 0.3 is 0 Å². The van der Waals surface area contributed by atoms with Gasteiger partial charge in [0.05, 0.1) is 41.9 Å². The molecule has 0 spiro atoms. The summed E-state index contributed by atoms with van der Waals surface area (Å²) in [6, 6.07) is 15.0. The molecular weight excluding hydrogens is 482 g/mol. The first-order chi connectivity index (χ1) is 17.0. The maximum atomic E-state index is 12.9. The maximum Gasteiger partial charge on any atom is 0.259 e. The third kappa shape index (κ3) is 6.65. The number of halogens is 1. The van der Waals surface area contributed by atoms with Gasteiger partial charge in [-0.2, -0.15) is 10.4 Å². The van der Waals surface area contributed by atoms with Crippen LogP contribution in [0.2, 0.25) is 5.02 Å². The fourth-order valence-corrected chi connectivity index (χ4v) is 5.06. The number of nitrogens with one attached hydrogen (secondary N) is 1. The number of rotatable bonds is 9. The van der Waals surface area contributed by atoms with Crippen LogP contribution in [-0.2, 0) is 4.74 Å². The molecule has 0 bridgehead atoms. The number of morpholine rings is 1. The average Bonchev–Trinajstić information content (AvgIpc) is 3.27. The molecule has 7 nitrogen and oxygen atoms in total. The van der Waals surface area contributed by atoms with Crippen molar-refractivity contribution in [3.05, 3.63) is 70.5 Å². The van der Waals surface area contributed by atoms with E-state index in [0.29, 0.717) is 21.8 Å². The van der Waals surface area contributed by atoms with Gasteiger partial charge in [0.2, 0.25) is 0 Å². The summed E-state index contributed by atoms with van der Waals surface area (Å²) >= 11 is 7.65. The lowest BCUT2D eigenvalue weighted by Crippen LogP contribution is -2.36. The number of nitrogens with zero attached hydrogens (tertiary/aromatic N) is 4. The molecule has 1 fully saturated rings. The Bertz CT molecular complexity index is 1200. The number of carbonyl (C=O) groups excluding carboxylic acids is 1. The number of unbranched alkanes of at least 4 members (excludes halogenated alkanes) is 1. The lowest BCUT2D eigenvalue weighted by atomic mass is 10.2. The number of benzene rings is 2. The summed E-state index contributed by atoms with van der Waals surface area (Å²) in [5.74, 6) is 0.684. The van der Waals surface area contributed by atoms with Crippen LogP contribution in [0.3, 0.4) is 0 Å². The Labute approximate surface area is 215 Å². The van der Waals surface area contributed by atoms with Gasteiger partial charge in [0.15, 0.2) is 0 Å². The number of hydrogen-bond donors (Lipinski definition) is 1. The highest BCUT2D eigenvalue weighted by molar-refractivity contribution is 7.99. The van der Waals surface area contributed by atoms with Gasteiger partial charge in [-0.05, 0) is 74.5 Å². The molecule has 1 N–H and O–H groups in total. The van der Waals surface area contributed by atoms with Crippen LogP contribution in [0.4, 0.5) is 5.69 Å². The van der Waals surface area contributed by atoms with E-state index < -0.39 is 0 Å². The molecule has 0 atom stereocenters. The first kappa shape index (κ1) is 25.3. The van der Waals surface area contributed by atoms with E-state index in [-0.39, 0.29) is 5.91 Å². The zero-order valence-electron chi connectivity index (χ0n) is 19.7. The van der Waals surface area contributed by atoms with Gasteiger partial charge in [0, 0.05) is 28.7 Å². The maximum absolute atomic E-state index is 12.9. The van der Waals surface area contributed by atoms with Gasteiger partial charge < -0.3 is 10.1 Å². The Hall–Kier alpha value is -2.83. The molecular formula is C26H28ClN5O2S. The summed E-state index contributed by atoms with van der Waals surface area (Å²) in [6.45, 7) is 6.62. The minimum Gasteiger partial charge on any atom is -0.379 e. The third-order valence-corrected chi connectivity index (χ3v) is 7.33. The Kier molecular flexibility index (Phi) is 8.83. The summed E-state index contributed by atoms with van der Waals surface area (Å²) in [7, 11) is 0. The zero-order valence-corrected chi connectivity index (χ0v) is 21.2. The van der Waals surface area contributed by atoms with Gasteiger partial charge in [0.25, 0.3) is 5.91 Å². The smallest absolute Gasteiger partial charge is 0.259 e. The van der Waals surface area contributed by atoms with Crippen LogP contribution in [0.5, 0.6) is 0 Å². The van der Waals surface area contributed by atoms with Crippen LogP contribution in [0.15, 0.2) is 53.6 Å². The summed E-state index contributed by atoms with van der Waals surface area (Å²) in [4.78, 5) is 16.3. The molecule has 9 heteroatoms. The molecule has 1 amide bonds. The standard InChI is InChI=1S/C26H28ClN5O2S/c1-19-24(18-29-32(19)23-7-4-21(27)5-8-23)26(33)30-22-6-9-25(20(16-22)17-28)35-15-3-2-10-31-11-13-34-14-12-31/h4-9,16,18H,2-3,10-15H2,1H3,(H,30,33). The Morgan fingerprint density at radius 2 is 1.97 bits per heavy atom. The van der Waals surface area contributed by atoms with Crippen LogP contribution in [0.25, 0.3) is 5.69 Å². The van der Waals surface area contributed by atoms with Gasteiger partial charge in [-0.1, -0.05) is 11.6 Å². The topological polar surface area (TPSA) is 83.2 Å². The van der Waals surface area contributed by atoms with Crippen molar-refractivity contribution in [2.24, 2.45) is 0 Å².